The van der Waals surface area contributed by atoms with Crippen molar-refractivity contribution in [2.45, 2.75) is 0 Å². The van der Waals surface area contributed by atoms with Crippen LogP contribution in [-0.2, 0) is 0 Å². The van der Waals surface area contributed by atoms with Crippen molar-refractivity contribution >= 4 is 23.0 Å². The lowest BCUT2D eigenvalue weighted by Crippen LogP contribution is -2.10. The summed E-state index contributed by atoms with van der Waals surface area (Å²) in [4.78, 5) is 14.2. The summed E-state index contributed by atoms with van der Waals surface area (Å²) in [5.41, 5.74) is 2.08. The fourth-order valence-electron chi connectivity index (χ4n) is 1.46. The van der Waals surface area contributed by atoms with Crippen molar-refractivity contribution in [2.75, 3.05) is 10.7 Å². The zero-order chi connectivity index (χ0) is 13.8. The summed E-state index contributed by atoms with van der Waals surface area (Å²) < 4.78 is 13.5. The first kappa shape index (κ1) is 12.7. The Hall–Kier alpha value is -2.74. The number of para-hydroxylation sites is 1. The first-order valence-corrected chi connectivity index (χ1v) is 5.25. The molecule has 1 heterocycles. The van der Waals surface area contributed by atoms with Crippen LogP contribution in [0.25, 0.3) is 0 Å². The van der Waals surface area contributed by atoms with Gasteiger partial charge in [-0.05, 0) is 18.2 Å². The van der Waals surface area contributed by atoms with Gasteiger partial charge in [0, 0.05) is 6.07 Å². The van der Waals surface area contributed by atoms with Crippen molar-refractivity contribution in [3.05, 3.63) is 52.3 Å². The highest BCUT2D eigenvalue weighted by Crippen LogP contribution is 2.27. The highest BCUT2D eigenvalue weighted by molar-refractivity contribution is 5.67. The molecule has 2 aromatic rings. The van der Waals surface area contributed by atoms with E-state index in [1.165, 1.54) is 30.3 Å². The minimum atomic E-state index is -0.615. The Balaban J connectivity index is 2.43. The number of benzene rings is 1. The average molecular weight is 263 g/mol. The van der Waals surface area contributed by atoms with E-state index in [2.05, 4.69) is 15.7 Å². The van der Waals surface area contributed by atoms with E-state index >= 15 is 0 Å². The van der Waals surface area contributed by atoms with E-state index in [9.17, 15) is 14.5 Å². The number of hydrazine groups is 1. The number of nitrogens with two attached hydrogens (primary N) is 1. The molecule has 1 aromatic heterocycles. The molecule has 0 fully saturated rings. The van der Waals surface area contributed by atoms with Gasteiger partial charge in [-0.25, -0.2) is 15.2 Å². The van der Waals surface area contributed by atoms with Gasteiger partial charge in [0.05, 0.1) is 10.6 Å². The molecular weight excluding hydrogens is 253 g/mol. The summed E-state index contributed by atoms with van der Waals surface area (Å²) in [6.45, 7) is 0. The van der Waals surface area contributed by atoms with Crippen LogP contribution in [0.4, 0.5) is 27.4 Å². The van der Waals surface area contributed by atoms with E-state index in [1.54, 1.807) is 6.07 Å². The van der Waals surface area contributed by atoms with Crippen molar-refractivity contribution < 1.29 is 9.31 Å². The number of hydrogen-bond acceptors (Lipinski definition) is 6. The zero-order valence-corrected chi connectivity index (χ0v) is 9.63. The molecule has 8 heteroatoms. The molecule has 0 spiro atoms. The van der Waals surface area contributed by atoms with E-state index in [0.717, 1.165) is 0 Å². The van der Waals surface area contributed by atoms with Crippen LogP contribution in [0.15, 0.2) is 36.4 Å². The molecule has 7 nitrogen and oxygen atoms in total. The lowest BCUT2D eigenvalue weighted by atomic mass is 10.3. The predicted molar refractivity (Wildman–Crippen MR) is 68.4 cm³/mol. The number of nitrogens with one attached hydrogen (secondary N) is 2. The van der Waals surface area contributed by atoms with Crippen molar-refractivity contribution in [3.8, 4) is 0 Å². The molecule has 0 saturated heterocycles. The van der Waals surface area contributed by atoms with Gasteiger partial charge in [0.15, 0.2) is 0 Å². The van der Waals surface area contributed by atoms with Crippen LogP contribution in [0.2, 0.25) is 0 Å². The third kappa shape index (κ3) is 2.75. The van der Waals surface area contributed by atoms with Crippen LogP contribution < -0.4 is 16.6 Å². The maximum absolute atomic E-state index is 13.5. The molecule has 0 atom stereocenters. The van der Waals surface area contributed by atoms with Gasteiger partial charge in [0.2, 0.25) is 5.82 Å². The number of nitrogen functional groups attached to an aromatic ring is 1. The van der Waals surface area contributed by atoms with Crippen LogP contribution in [0.1, 0.15) is 0 Å². The average Bonchev–Trinajstić information content (AvgIpc) is 2.41. The quantitative estimate of drug-likeness (QED) is 0.443. The molecule has 0 radical (unpaired) electrons. The zero-order valence-electron chi connectivity index (χ0n) is 9.63. The Morgan fingerprint density at radius 2 is 2.00 bits per heavy atom. The number of rotatable bonds is 4. The topological polar surface area (TPSA) is 106 Å². The molecule has 2 rings (SSSR count). The summed E-state index contributed by atoms with van der Waals surface area (Å²) in [5.74, 6) is 4.78. The highest BCUT2D eigenvalue weighted by Gasteiger charge is 2.17. The maximum atomic E-state index is 13.5. The van der Waals surface area contributed by atoms with Gasteiger partial charge in [0.1, 0.15) is 11.6 Å². The van der Waals surface area contributed by atoms with E-state index in [0.29, 0.717) is 0 Å². The Morgan fingerprint density at radius 3 is 2.63 bits per heavy atom. The molecule has 1 aromatic carbocycles. The number of hydrogen-bond donors (Lipinski definition) is 3. The van der Waals surface area contributed by atoms with Crippen LogP contribution in [0.5, 0.6) is 0 Å². The summed E-state index contributed by atoms with van der Waals surface area (Å²) in [6.07, 6.45) is 0. The Morgan fingerprint density at radius 1 is 1.26 bits per heavy atom. The number of nitrogens with zero attached hydrogens (tertiary/aromatic N) is 2. The predicted octanol–water partition coefficient (Wildman–Crippen LogP) is 2.16. The molecule has 98 valence electrons. The maximum Gasteiger partial charge on any atom is 0.311 e. The molecular formula is C11H10FN5O2. The number of anilines is 3. The molecule has 0 bridgehead atoms. The van der Waals surface area contributed by atoms with Gasteiger partial charge in [-0.1, -0.05) is 12.1 Å². The van der Waals surface area contributed by atoms with Crippen molar-refractivity contribution in [3.63, 3.8) is 0 Å². The summed E-state index contributed by atoms with van der Waals surface area (Å²) in [5, 5.41) is 13.5. The SMILES string of the molecule is NNc1ccc([N+](=O)[O-])c(Nc2ccccc2F)n1. The van der Waals surface area contributed by atoms with Crippen LogP contribution in [-0.4, -0.2) is 9.91 Å². The van der Waals surface area contributed by atoms with Gasteiger partial charge in [0.25, 0.3) is 0 Å². The molecule has 0 saturated carbocycles. The monoisotopic (exact) mass is 263 g/mol. The van der Waals surface area contributed by atoms with Crippen LogP contribution in [0, 0.1) is 15.9 Å². The molecule has 0 aliphatic carbocycles. The Kier molecular flexibility index (Phi) is 3.53. The largest absolute Gasteiger partial charge is 0.332 e. The Labute approximate surface area is 107 Å². The fourth-order valence-corrected chi connectivity index (χ4v) is 1.46. The lowest BCUT2D eigenvalue weighted by Gasteiger charge is -2.08. The second kappa shape index (κ2) is 5.27. The number of halogens is 1. The normalized spacial score (nSPS) is 10.0. The molecule has 19 heavy (non-hydrogen) atoms. The third-order valence-electron chi connectivity index (χ3n) is 2.35. The molecule has 0 unspecified atom stereocenters. The minimum Gasteiger partial charge on any atom is -0.332 e. The smallest absolute Gasteiger partial charge is 0.311 e. The number of pyridine rings is 1. The Bertz CT molecular complexity index is 620. The first-order chi connectivity index (χ1) is 9.11. The van der Waals surface area contributed by atoms with E-state index in [4.69, 9.17) is 5.84 Å². The van der Waals surface area contributed by atoms with E-state index in [-0.39, 0.29) is 23.0 Å². The highest BCUT2D eigenvalue weighted by atomic mass is 19.1. The van der Waals surface area contributed by atoms with Gasteiger partial charge >= 0.3 is 5.69 Å². The van der Waals surface area contributed by atoms with Crippen molar-refractivity contribution in [1.82, 2.24) is 4.98 Å². The van der Waals surface area contributed by atoms with Crippen molar-refractivity contribution in [2.24, 2.45) is 5.84 Å². The van der Waals surface area contributed by atoms with Gasteiger partial charge in [-0.3, -0.25) is 10.1 Å². The standard InChI is InChI=1S/C11H10FN5O2/c12-7-3-1-2-4-8(7)14-11-9(17(18)19)5-6-10(15-11)16-13/h1-6H,13H2,(H2,14,15,16). The van der Waals surface area contributed by atoms with Crippen molar-refractivity contribution in [1.29, 1.82) is 0 Å². The minimum absolute atomic E-state index is 0.0901. The van der Waals surface area contributed by atoms with Gasteiger partial charge in [-0.15, -0.1) is 0 Å². The molecule has 0 amide bonds. The molecule has 0 aliphatic heterocycles. The summed E-state index contributed by atoms with van der Waals surface area (Å²) in [7, 11) is 0. The van der Waals surface area contributed by atoms with E-state index < -0.39 is 10.7 Å². The molecule has 4 N–H and O–H groups in total. The van der Waals surface area contributed by atoms with Gasteiger partial charge in [-0.2, -0.15) is 0 Å². The second-order valence-corrected chi connectivity index (χ2v) is 3.57. The van der Waals surface area contributed by atoms with Crippen LogP contribution >= 0.6 is 0 Å². The second-order valence-electron chi connectivity index (χ2n) is 3.57. The number of aromatic nitrogens is 1. The third-order valence-corrected chi connectivity index (χ3v) is 2.35. The first-order valence-electron chi connectivity index (χ1n) is 5.25. The van der Waals surface area contributed by atoms with E-state index in [1.807, 2.05) is 0 Å². The van der Waals surface area contributed by atoms with Gasteiger partial charge < -0.3 is 10.7 Å². The van der Waals surface area contributed by atoms with Crippen LogP contribution in [0.3, 0.4) is 0 Å². The number of nitro groups is 1. The fraction of sp³-hybridized carbons (Fsp3) is 0. The summed E-state index contributed by atoms with van der Waals surface area (Å²) in [6, 6.07) is 8.38. The molecule has 0 aliphatic rings. The summed E-state index contributed by atoms with van der Waals surface area (Å²) >= 11 is 0. The lowest BCUT2D eigenvalue weighted by molar-refractivity contribution is -0.384.